The van der Waals surface area contributed by atoms with Crippen LogP contribution in [0.1, 0.15) is 25.2 Å². The summed E-state index contributed by atoms with van der Waals surface area (Å²) in [4.78, 5) is 11.1. The third-order valence-electron chi connectivity index (χ3n) is 4.13. The van der Waals surface area contributed by atoms with Crippen molar-refractivity contribution < 1.29 is 8.78 Å². The SMILES string of the molecule is Cc1nc(Nc2ccc(F)c(F)c2)cc(N(Cc2ccccc2)C(C)C)n1. The van der Waals surface area contributed by atoms with Crippen LogP contribution in [0.5, 0.6) is 0 Å². The zero-order valence-corrected chi connectivity index (χ0v) is 15.6. The number of halogens is 2. The van der Waals surface area contributed by atoms with Crippen LogP contribution in [0, 0.1) is 18.6 Å². The number of aromatic nitrogens is 2. The highest BCUT2D eigenvalue weighted by molar-refractivity contribution is 5.60. The second-order valence-corrected chi connectivity index (χ2v) is 6.62. The summed E-state index contributed by atoms with van der Waals surface area (Å²) in [6, 6.07) is 15.9. The molecule has 0 saturated carbocycles. The summed E-state index contributed by atoms with van der Waals surface area (Å²) in [5.41, 5.74) is 1.61. The van der Waals surface area contributed by atoms with Crippen LogP contribution in [0.25, 0.3) is 0 Å². The number of rotatable bonds is 6. The Morgan fingerprint density at radius 1 is 0.963 bits per heavy atom. The third-order valence-corrected chi connectivity index (χ3v) is 4.13. The number of nitrogens with one attached hydrogen (secondary N) is 1. The zero-order chi connectivity index (χ0) is 19.4. The largest absolute Gasteiger partial charge is 0.350 e. The van der Waals surface area contributed by atoms with Crippen LogP contribution < -0.4 is 10.2 Å². The van der Waals surface area contributed by atoms with Gasteiger partial charge >= 0.3 is 0 Å². The number of benzene rings is 2. The van der Waals surface area contributed by atoms with Gasteiger partial charge in [0.2, 0.25) is 0 Å². The second kappa shape index (κ2) is 8.12. The first-order valence-corrected chi connectivity index (χ1v) is 8.80. The van der Waals surface area contributed by atoms with Crippen molar-refractivity contribution in [3.8, 4) is 0 Å². The fraction of sp³-hybridized carbons (Fsp3) is 0.238. The predicted molar refractivity (Wildman–Crippen MR) is 104 cm³/mol. The highest BCUT2D eigenvalue weighted by atomic mass is 19.2. The Morgan fingerprint density at radius 2 is 1.70 bits per heavy atom. The van der Waals surface area contributed by atoms with Crippen molar-refractivity contribution in [2.45, 2.75) is 33.4 Å². The molecular formula is C21H22F2N4. The molecule has 0 radical (unpaired) electrons. The summed E-state index contributed by atoms with van der Waals surface area (Å²) in [7, 11) is 0. The molecule has 3 aromatic rings. The van der Waals surface area contributed by atoms with E-state index < -0.39 is 11.6 Å². The van der Waals surface area contributed by atoms with E-state index in [-0.39, 0.29) is 6.04 Å². The molecule has 1 heterocycles. The molecule has 0 aliphatic rings. The Balaban J connectivity index is 1.89. The molecule has 0 atom stereocenters. The van der Waals surface area contributed by atoms with Crippen LogP contribution in [0.3, 0.4) is 0 Å². The van der Waals surface area contributed by atoms with E-state index in [2.05, 4.69) is 46.2 Å². The highest BCUT2D eigenvalue weighted by Crippen LogP contribution is 2.24. The van der Waals surface area contributed by atoms with Crippen molar-refractivity contribution in [2.24, 2.45) is 0 Å². The van der Waals surface area contributed by atoms with Crippen LogP contribution in [-0.4, -0.2) is 16.0 Å². The lowest BCUT2D eigenvalue weighted by Gasteiger charge is -2.28. The molecule has 0 unspecified atom stereocenters. The second-order valence-electron chi connectivity index (χ2n) is 6.62. The standard InChI is InChI=1S/C21H22F2N4/c1-14(2)27(13-16-7-5-4-6-8-16)21-12-20(24-15(3)25-21)26-17-9-10-18(22)19(23)11-17/h4-12,14H,13H2,1-3H3,(H,24,25,26). The van der Waals surface area contributed by atoms with Gasteiger partial charge in [-0.25, -0.2) is 18.7 Å². The van der Waals surface area contributed by atoms with Crippen molar-refractivity contribution >= 4 is 17.3 Å². The molecule has 2 aromatic carbocycles. The van der Waals surface area contributed by atoms with Crippen molar-refractivity contribution in [3.63, 3.8) is 0 Å². The van der Waals surface area contributed by atoms with Crippen LogP contribution in [-0.2, 0) is 6.54 Å². The fourth-order valence-electron chi connectivity index (χ4n) is 2.79. The molecule has 1 N–H and O–H groups in total. The minimum absolute atomic E-state index is 0.218. The Morgan fingerprint density at radius 3 is 2.37 bits per heavy atom. The number of hydrogen-bond acceptors (Lipinski definition) is 4. The molecule has 4 nitrogen and oxygen atoms in total. The molecule has 0 saturated heterocycles. The quantitative estimate of drug-likeness (QED) is 0.647. The van der Waals surface area contributed by atoms with E-state index in [9.17, 15) is 8.78 Å². The first-order chi connectivity index (χ1) is 12.9. The summed E-state index contributed by atoms with van der Waals surface area (Å²) in [5.74, 6) is 0.109. The lowest BCUT2D eigenvalue weighted by Crippen LogP contribution is -2.31. The molecule has 0 aliphatic carbocycles. The minimum atomic E-state index is -0.904. The van der Waals surface area contributed by atoms with E-state index in [4.69, 9.17) is 0 Å². The summed E-state index contributed by atoms with van der Waals surface area (Å²) in [5, 5.41) is 3.03. The Bertz CT molecular complexity index is 913. The van der Waals surface area contributed by atoms with Gasteiger partial charge in [0.1, 0.15) is 17.5 Å². The summed E-state index contributed by atoms with van der Waals surface area (Å²) >= 11 is 0. The van der Waals surface area contributed by atoms with E-state index in [1.54, 1.807) is 6.92 Å². The molecule has 0 amide bonds. The van der Waals surface area contributed by atoms with Crippen molar-refractivity contribution in [3.05, 3.63) is 77.6 Å². The molecule has 0 aliphatic heterocycles. The van der Waals surface area contributed by atoms with Crippen LogP contribution in [0.2, 0.25) is 0 Å². The molecular weight excluding hydrogens is 346 g/mol. The molecule has 0 bridgehead atoms. The van der Waals surface area contributed by atoms with E-state index in [0.29, 0.717) is 23.9 Å². The normalized spacial score (nSPS) is 10.9. The predicted octanol–water partition coefficient (Wildman–Crippen LogP) is 5.22. The van der Waals surface area contributed by atoms with Gasteiger partial charge in [-0.3, -0.25) is 0 Å². The van der Waals surface area contributed by atoms with Gasteiger partial charge in [-0.1, -0.05) is 30.3 Å². The maximum Gasteiger partial charge on any atom is 0.160 e. The monoisotopic (exact) mass is 368 g/mol. The average Bonchev–Trinajstić information content (AvgIpc) is 2.63. The lowest BCUT2D eigenvalue weighted by molar-refractivity contribution is 0.509. The zero-order valence-electron chi connectivity index (χ0n) is 15.6. The summed E-state index contributed by atoms with van der Waals surface area (Å²) < 4.78 is 26.6. The van der Waals surface area contributed by atoms with Crippen LogP contribution in [0.15, 0.2) is 54.6 Å². The van der Waals surface area contributed by atoms with E-state index >= 15 is 0 Å². The fourth-order valence-corrected chi connectivity index (χ4v) is 2.79. The first-order valence-electron chi connectivity index (χ1n) is 8.80. The maximum atomic E-state index is 13.5. The number of aryl methyl sites for hydroxylation is 1. The van der Waals surface area contributed by atoms with E-state index in [1.807, 2.05) is 24.3 Å². The van der Waals surface area contributed by atoms with Gasteiger partial charge in [0, 0.05) is 30.4 Å². The molecule has 0 fully saturated rings. The van der Waals surface area contributed by atoms with Crippen molar-refractivity contribution in [1.82, 2.24) is 9.97 Å². The smallest absolute Gasteiger partial charge is 0.160 e. The summed E-state index contributed by atoms with van der Waals surface area (Å²) in [6.45, 7) is 6.71. The van der Waals surface area contributed by atoms with Crippen LogP contribution >= 0.6 is 0 Å². The number of anilines is 3. The van der Waals surface area contributed by atoms with Crippen molar-refractivity contribution in [2.75, 3.05) is 10.2 Å². The first kappa shape index (κ1) is 18.8. The highest BCUT2D eigenvalue weighted by Gasteiger charge is 2.15. The van der Waals surface area contributed by atoms with E-state index in [0.717, 1.165) is 18.0 Å². The van der Waals surface area contributed by atoms with Gasteiger partial charge in [0.25, 0.3) is 0 Å². The average molecular weight is 368 g/mol. The van der Waals surface area contributed by atoms with Gasteiger partial charge in [-0.2, -0.15) is 0 Å². The Kier molecular flexibility index (Phi) is 5.64. The Hall–Kier alpha value is -3.02. The van der Waals surface area contributed by atoms with Gasteiger partial charge in [-0.05, 0) is 38.5 Å². The van der Waals surface area contributed by atoms with Gasteiger partial charge in [0.15, 0.2) is 11.6 Å². The maximum absolute atomic E-state index is 13.5. The topological polar surface area (TPSA) is 41.1 Å². The number of hydrogen-bond donors (Lipinski definition) is 1. The Labute approximate surface area is 157 Å². The van der Waals surface area contributed by atoms with Gasteiger partial charge in [-0.15, -0.1) is 0 Å². The molecule has 27 heavy (non-hydrogen) atoms. The minimum Gasteiger partial charge on any atom is -0.350 e. The van der Waals surface area contributed by atoms with Gasteiger partial charge in [0.05, 0.1) is 0 Å². The summed E-state index contributed by atoms with van der Waals surface area (Å²) in [6.07, 6.45) is 0. The molecule has 0 spiro atoms. The molecule has 1 aromatic heterocycles. The number of nitrogens with zero attached hydrogens (tertiary/aromatic N) is 3. The molecule has 6 heteroatoms. The lowest BCUT2D eigenvalue weighted by atomic mass is 10.2. The molecule has 140 valence electrons. The van der Waals surface area contributed by atoms with Gasteiger partial charge < -0.3 is 10.2 Å². The van der Waals surface area contributed by atoms with Crippen LogP contribution in [0.4, 0.5) is 26.1 Å². The van der Waals surface area contributed by atoms with E-state index in [1.165, 1.54) is 11.6 Å². The molecule has 3 rings (SSSR count). The third kappa shape index (κ3) is 4.78. The van der Waals surface area contributed by atoms with Crippen molar-refractivity contribution in [1.29, 1.82) is 0 Å².